The normalized spacial score (nSPS) is 25.4. The molecule has 0 spiro atoms. The van der Waals surface area contributed by atoms with Crippen molar-refractivity contribution in [2.45, 2.75) is 24.9 Å². The van der Waals surface area contributed by atoms with Crippen LogP contribution in [0.1, 0.15) is 23.3 Å². The highest BCUT2D eigenvalue weighted by molar-refractivity contribution is 6.04. The molecule has 2 aliphatic heterocycles. The lowest BCUT2D eigenvalue weighted by molar-refractivity contribution is 0.0692. The van der Waals surface area contributed by atoms with Gasteiger partial charge in [-0.1, -0.05) is 18.2 Å². The Morgan fingerprint density at radius 3 is 2.70 bits per heavy atom. The summed E-state index contributed by atoms with van der Waals surface area (Å²) < 4.78 is 1.79. The minimum Gasteiger partial charge on any atom is -0.334 e. The Bertz CT molecular complexity index is 666. The van der Waals surface area contributed by atoms with Crippen molar-refractivity contribution in [3.63, 3.8) is 0 Å². The Balaban J connectivity index is 1.70. The molecule has 20 heavy (non-hydrogen) atoms. The molecule has 1 N–H and O–H groups in total. The molecule has 2 fully saturated rings. The number of hydrogen-bond acceptors (Lipinski definition) is 3. The van der Waals surface area contributed by atoms with Crippen LogP contribution >= 0.6 is 0 Å². The molecule has 1 aromatic carbocycles. The van der Waals surface area contributed by atoms with Crippen molar-refractivity contribution in [3.8, 4) is 0 Å². The largest absolute Gasteiger partial charge is 0.334 e. The van der Waals surface area contributed by atoms with E-state index in [1.54, 1.807) is 4.68 Å². The van der Waals surface area contributed by atoms with Gasteiger partial charge in [-0.15, -0.1) is 0 Å². The molecule has 5 heteroatoms. The molecule has 2 unspecified atom stereocenters. The summed E-state index contributed by atoms with van der Waals surface area (Å²) in [7, 11) is 1.89. The molecule has 104 valence electrons. The number of nitrogens with zero attached hydrogens (tertiary/aromatic N) is 3. The summed E-state index contributed by atoms with van der Waals surface area (Å²) in [5, 5.41) is 8.94. The fourth-order valence-electron chi connectivity index (χ4n) is 3.48. The number of nitrogens with one attached hydrogen (secondary N) is 1. The first-order chi connectivity index (χ1) is 9.72. The lowest BCUT2D eigenvalue weighted by Gasteiger charge is -2.32. The van der Waals surface area contributed by atoms with Gasteiger partial charge < -0.3 is 10.2 Å². The molecular formula is C15H18N4O. The minimum atomic E-state index is 0.0696. The number of fused-ring (bicyclic) bond motifs is 3. The van der Waals surface area contributed by atoms with Crippen molar-refractivity contribution < 1.29 is 4.79 Å². The quantitative estimate of drug-likeness (QED) is 0.845. The molecule has 1 amide bonds. The molecule has 5 nitrogen and oxygen atoms in total. The van der Waals surface area contributed by atoms with Crippen molar-refractivity contribution >= 4 is 16.8 Å². The number of para-hydroxylation sites is 1. The topological polar surface area (TPSA) is 50.2 Å². The summed E-state index contributed by atoms with van der Waals surface area (Å²) >= 11 is 0. The molecular weight excluding hydrogens is 252 g/mol. The fraction of sp³-hybridized carbons (Fsp3) is 0.467. The number of benzene rings is 1. The van der Waals surface area contributed by atoms with Gasteiger partial charge in [-0.05, 0) is 18.9 Å². The zero-order valence-electron chi connectivity index (χ0n) is 11.5. The van der Waals surface area contributed by atoms with E-state index in [-0.39, 0.29) is 5.91 Å². The maximum atomic E-state index is 12.8. The Hall–Kier alpha value is -1.88. The first-order valence-electron chi connectivity index (χ1n) is 7.19. The summed E-state index contributed by atoms with van der Waals surface area (Å²) in [5.41, 5.74) is 1.60. The van der Waals surface area contributed by atoms with E-state index >= 15 is 0 Å². The number of carbonyl (C=O) groups is 1. The average molecular weight is 270 g/mol. The third-order valence-electron chi connectivity index (χ3n) is 4.46. The smallest absolute Gasteiger partial charge is 0.275 e. The van der Waals surface area contributed by atoms with E-state index in [9.17, 15) is 4.79 Å². The predicted molar refractivity (Wildman–Crippen MR) is 76.6 cm³/mol. The molecule has 3 heterocycles. The molecule has 0 radical (unpaired) electrons. The summed E-state index contributed by atoms with van der Waals surface area (Å²) in [6.07, 6.45) is 2.36. The fourth-order valence-corrected chi connectivity index (χ4v) is 3.48. The van der Waals surface area contributed by atoms with Crippen molar-refractivity contribution in [3.05, 3.63) is 30.0 Å². The number of piperazine rings is 1. The van der Waals surface area contributed by atoms with Gasteiger partial charge >= 0.3 is 0 Å². The predicted octanol–water partition coefficient (Wildman–Crippen LogP) is 1.15. The van der Waals surface area contributed by atoms with Crippen LogP contribution in [-0.2, 0) is 7.05 Å². The van der Waals surface area contributed by atoms with E-state index in [2.05, 4.69) is 10.4 Å². The van der Waals surface area contributed by atoms with Crippen LogP contribution in [0.4, 0.5) is 0 Å². The minimum absolute atomic E-state index is 0.0696. The van der Waals surface area contributed by atoms with Gasteiger partial charge in [-0.3, -0.25) is 9.48 Å². The summed E-state index contributed by atoms with van der Waals surface area (Å²) in [5.74, 6) is 0.0696. The summed E-state index contributed by atoms with van der Waals surface area (Å²) in [4.78, 5) is 14.7. The number of rotatable bonds is 1. The van der Waals surface area contributed by atoms with Gasteiger partial charge in [0.25, 0.3) is 5.91 Å². The van der Waals surface area contributed by atoms with Crippen molar-refractivity contribution in [2.75, 3.05) is 13.1 Å². The van der Waals surface area contributed by atoms with Crippen molar-refractivity contribution in [2.24, 2.45) is 7.05 Å². The maximum absolute atomic E-state index is 12.8. The number of aromatic nitrogens is 2. The number of amides is 1. The molecule has 0 saturated carbocycles. The summed E-state index contributed by atoms with van der Waals surface area (Å²) in [6, 6.07) is 8.85. The number of carbonyl (C=O) groups excluding carboxylic acids is 1. The van der Waals surface area contributed by atoms with Gasteiger partial charge in [0.05, 0.1) is 5.52 Å². The van der Waals surface area contributed by atoms with Gasteiger partial charge in [0.2, 0.25) is 0 Å². The molecule has 0 aliphatic carbocycles. The molecule has 2 bridgehead atoms. The lowest BCUT2D eigenvalue weighted by Crippen LogP contribution is -2.53. The van der Waals surface area contributed by atoms with E-state index in [0.717, 1.165) is 24.0 Å². The van der Waals surface area contributed by atoms with E-state index in [4.69, 9.17) is 0 Å². The summed E-state index contributed by atoms with van der Waals surface area (Å²) in [6.45, 7) is 1.61. The lowest BCUT2D eigenvalue weighted by atomic mass is 10.1. The van der Waals surface area contributed by atoms with Crippen LogP contribution in [0.3, 0.4) is 0 Å². The van der Waals surface area contributed by atoms with Crippen molar-refractivity contribution in [1.29, 1.82) is 0 Å². The molecule has 2 saturated heterocycles. The first-order valence-corrected chi connectivity index (χ1v) is 7.19. The molecule has 1 aromatic heterocycles. The van der Waals surface area contributed by atoms with E-state index in [1.807, 2.05) is 36.2 Å². The van der Waals surface area contributed by atoms with Crippen LogP contribution in [0, 0.1) is 0 Å². The van der Waals surface area contributed by atoms with Gasteiger partial charge in [-0.25, -0.2) is 0 Å². The van der Waals surface area contributed by atoms with E-state index in [1.165, 1.54) is 12.8 Å². The van der Waals surface area contributed by atoms with E-state index in [0.29, 0.717) is 17.8 Å². The van der Waals surface area contributed by atoms with Crippen LogP contribution in [-0.4, -0.2) is 45.8 Å². The third-order valence-corrected chi connectivity index (χ3v) is 4.46. The van der Waals surface area contributed by atoms with Gasteiger partial charge in [-0.2, -0.15) is 5.10 Å². The SMILES string of the molecule is Cn1nc(C(=O)N2CC3CCC(C2)N3)c2ccccc21. The van der Waals surface area contributed by atoms with Crippen LogP contribution in [0.15, 0.2) is 24.3 Å². The van der Waals surface area contributed by atoms with E-state index < -0.39 is 0 Å². The number of hydrogen-bond donors (Lipinski definition) is 1. The highest BCUT2D eigenvalue weighted by Crippen LogP contribution is 2.24. The second kappa shape index (κ2) is 4.31. The Labute approximate surface area is 117 Å². The molecule has 4 rings (SSSR count). The highest BCUT2D eigenvalue weighted by Gasteiger charge is 2.35. The van der Waals surface area contributed by atoms with Gasteiger partial charge in [0.15, 0.2) is 5.69 Å². The van der Waals surface area contributed by atoms with Crippen LogP contribution < -0.4 is 5.32 Å². The van der Waals surface area contributed by atoms with Gasteiger partial charge in [0, 0.05) is 37.6 Å². The first kappa shape index (κ1) is 11.9. The monoisotopic (exact) mass is 270 g/mol. The Morgan fingerprint density at radius 2 is 1.95 bits per heavy atom. The molecule has 2 aromatic rings. The van der Waals surface area contributed by atoms with Crippen molar-refractivity contribution in [1.82, 2.24) is 20.0 Å². The number of aryl methyl sites for hydroxylation is 1. The second-order valence-electron chi connectivity index (χ2n) is 5.84. The van der Waals surface area contributed by atoms with Gasteiger partial charge in [0.1, 0.15) is 0 Å². The Kier molecular flexibility index (Phi) is 2.57. The van der Waals surface area contributed by atoms with Crippen LogP contribution in [0.2, 0.25) is 0 Å². The second-order valence-corrected chi connectivity index (χ2v) is 5.84. The highest BCUT2D eigenvalue weighted by atomic mass is 16.2. The number of likely N-dealkylation sites (tertiary alicyclic amines) is 1. The standard InChI is InChI=1S/C15H18N4O/c1-18-13-5-3-2-4-12(13)14(17-18)15(20)19-8-10-6-7-11(9-19)16-10/h2-5,10-11,16H,6-9H2,1H3. The Morgan fingerprint density at radius 1 is 1.25 bits per heavy atom. The maximum Gasteiger partial charge on any atom is 0.275 e. The average Bonchev–Trinajstić information content (AvgIpc) is 2.99. The zero-order valence-corrected chi connectivity index (χ0v) is 11.5. The molecule has 2 aliphatic rings. The van der Waals surface area contributed by atoms with Crippen LogP contribution in [0.5, 0.6) is 0 Å². The van der Waals surface area contributed by atoms with Crippen LogP contribution in [0.25, 0.3) is 10.9 Å². The third kappa shape index (κ3) is 1.73. The molecule has 2 atom stereocenters. The zero-order chi connectivity index (χ0) is 13.7.